The maximum Gasteiger partial charge on any atom is 0.573 e. The summed E-state index contributed by atoms with van der Waals surface area (Å²) in [6.45, 7) is 0. The summed E-state index contributed by atoms with van der Waals surface area (Å²) in [5.74, 6) is -0.231. The molecular formula is C9H8F3NO. The Bertz CT molecular complexity index is 316. The molecule has 0 N–H and O–H groups in total. The lowest BCUT2D eigenvalue weighted by molar-refractivity contribution is -0.274. The molecule has 0 aliphatic carbocycles. The molecule has 5 heteroatoms. The van der Waals surface area contributed by atoms with Crippen LogP contribution in [-0.4, -0.2) is 19.6 Å². The van der Waals surface area contributed by atoms with Crippen molar-refractivity contribution in [1.82, 2.24) is 0 Å². The molecule has 0 radical (unpaired) electrons. The predicted octanol–water partition coefficient (Wildman–Crippen LogP) is 2.63. The molecule has 0 saturated carbocycles. The van der Waals surface area contributed by atoms with Crippen molar-refractivity contribution in [2.24, 2.45) is 4.99 Å². The Morgan fingerprint density at radius 2 is 1.79 bits per heavy atom. The Kier molecular flexibility index (Phi) is 3.11. The van der Waals surface area contributed by atoms with Crippen LogP contribution in [0.1, 0.15) is 5.56 Å². The summed E-state index contributed by atoms with van der Waals surface area (Å²) in [6.07, 6.45) is -3.10. The van der Waals surface area contributed by atoms with Crippen LogP contribution in [0.2, 0.25) is 0 Å². The van der Waals surface area contributed by atoms with Crippen LogP contribution in [0.25, 0.3) is 0 Å². The van der Waals surface area contributed by atoms with Gasteiger partial charge in [-0.2, -0.15) is 0 Å². The lowest BCUT2D eigenvalue weighted by Gasteiger charge is -2.08. The van der Waals surface area contributed by atoms with E-state index in [4.69, 9.17) is 0 Å². The van der Waals surface area contributed by atoms with Gasteiger partial charge in [0.2, 0.25) is 0 Å². The van der Waals surface area contributed by atoms with Gasteiger partial charge in [0.25, 0.3) is 0 Å². The zero-order valence-corrected chi connectivity index (χ0v) is 7.38. The van der Waals surface area contributed by atoms with Gasteiger partial charge in [0.1, 0.15) is 5.75 Å². The Labute approximate surface area is 79.0 Å². The summed E-state index contributed by atoms with van der Waals surface area (Å²) in [5, 5.41) is 0. The topological polar surface area (TPSA) is 21.6 Å². The van der Waals surface area contributed by atoms with E-state index in [2.05, 4.69) is 9.73 Å². The molecule has 0 fully saturated rings. The monoisotopic (exact) mass is 203 g/mol. The van der Waals surface area contributed by atoms with Crippen LogP contribution in [0, 0.1) is 0 Å². The molecule has 0 atom stereocenters. The van der Waals surface area contributed by atoms with Crippen LogP contribution >= 0.6 is 0 Å². The first-order chi connectivity index (χ1) is 6.51. The minimum atomic E-state index is -4.64. The van der Waals surface area contributed by atoms with Gasteiger partial charge in [-0.05, 0) is 29.8 Å². The molecule has 1 aromatic rings. The maximum atomic E-state index is 11.7. The third kappa shape index (κ3) is 3.47. The molecule has 0 aliphatic heterocycles. The van der Waals surface area contributed by atoms with Gasteiger partial charge in [-0.25, -0.2) is 0 Å². The summed E-state index contributed by atoms with van der Waals surface area (Å²) in [4.78, 5) is 3.72. The summed E-state index contributed by atoms with van der Waals surface area (Å²) in [6, 6.07) is 5.47. The normalized spacial score (nSPS) is 12.0. The van der Waals surface area contributed by atoms with Gasteiger partial charge in [-0.15, -0.1) is 13.2 Å². The van der Waals surface area contributed by atoms with Crippen molar-refractivity contribution in [3.8, 4) is 5.75 Å². The van der Waals surface area contributed by atoms with E-state index in [0.717, 1.165) is 5.56 Å². The third-order valence-electron chi connectivity index (χ3n) is 1.39. The van der Waals surface area contributed by atoms with E-state index in [1.54, 1.807) is 7.05 Å². The molecule has 0 bridgehead atoms. The van der Waals surface area contributed by atoms with Crippen molar-refractivity contribution in [2.45, 2.75) is 6.36 Å². The lowest BCUT2D eigenvalue weighted by atomic mass is 10.2. The molecular weight excluding hydrogens is 195 g/mol. The van der Waals surface area contributed by atoms with Gasteiger partial charge in [0.05, 0.1) is 0 Å². The number of hydrogen-bond donors (Lipinski definition) is 0. The first-order valence-corrected chi connectivity index (χ1v) is 3.79. The smallest absolute Gasteiger partial charge is 0.406 e. The van der Waals surface area contributed by atoms with Crippen molar-refractivity contribution in [1.29, 1.82) is 0 Å². The molecule has 2 nitrogen and oxygen atoms in total. The molecule has 0 spiro atoms. The Balaban J connectivity index is 2.74. The number of nitrogens with zero attached hydrogens (tertiary/aromatic N) is 1. The van der Waals surface area contributed by atoms with E-state index in [1.807, 2.05) is 0 Å². The van der Waals surface area contributed by atoms with Crippen molar-refractivity contribution >= 4 is 6.21 Å². The average Bonchev–Trinajstić information content (AvgIpc) is 2.06. The van der Waals surface area contributed by atoms with Crippen LogP contribution in [0.15, 0.2) is 29.3 Å². The number of rotatable bonds is 2. The first kappa shape index (κ1) is 10.6. The number of ether oxygens (including phenoxy) is 1. The number of halogens is 3. The Hall–Kier alpha value is -1.52. The van der Waals surface area contributed by atoms with Crippen LogP contribution in [0.3, 0.4) is 0 Å². The van der Waals surface area contributed by atoms with E-state index >= 15 is 0 Å². The predicted molar refractivity (Wildman–Crippen MR) is 46.6 cm³/mol. The molecule has 76 valence electrons. The van der Waals surface area contributed by atoms with Crippen molar-refractivity contribution in [3.05, 3.63) is 29.8 Å². The fourth-order valence-electron chi connectivity index (χ4n) is 0.905. The molecule has 1 rings (SSSR count). The fraction of sp³-hybridized carbons (Fsp3) is 0.222. The maximum absolute atomic E-state index is 11.7. The number of alkyl halides is 3. The van der Waals surface area contributed by atoms with Crippen LogP contribution in [0.4, 0.5) is 13.2 Å². The molecule has 0 aliphatic rings. The fourth-order valence-corrected chi connectivity index (χ4v) is 0.905. The molecule has 0 saturated heterocycles. The van der Waals surface area contributed by atoms with Gasteiger partial charge < -0.3 is 4.74 Å². The molecule has 0 unspecified atom stereocenters. The van der Waals surface area contributed by atoms with Crippen molar-refractivity contribution in [3.63, 3.8) is 0 Å². The van der Waals surface area contributed by atoms with E-state index in [0.29, 0.717) is 0 Å². The standard InChI is InChI=1S/C9H8F3NO/c1-13-6-7-2-4-8(5-3-7)14-9(10,11)12/h2-6H,1H3/b13-6-. The van der Waals surface area contributed by atoms with Crippen LogP contribution in [-0.2, 0) is 0 Å². The highest BCUT2D eigenvalue weighted by Crippen LogP contribution is 2.22. The van der Waals surface area contributed by atoms with E-state index in [-0.39, 0.29) is 5.75 Å². The Morgan fingerprint density at radius 1 is 1.21 bits per heavy atom. The third-order valence-corrected chi connectivity index (χ3v) is 1.39. The molecule has 0 heterocycles. The molecule has 1 aromatic carbocycles. The Morgan fingerprint density at radius 3 is 2.21 bits per heavy atom. The van der Waals surface area contributed by atoms with Crippen LogP contribution < -0.4 is 4.74 Å². The number of hydrogen-bond acceptors (Lipinski definition) is 2. The minimum Gasteiger partial charge on any atom is -0.406 e. The second-order valence-corrected chi connectivity index (χ2v) is 2.50. The summed E-state index contributed by atoms with van der Waals surface area (Å²) < 4.78 is 38.9. The largest absolute Gasteiger partial charge is 0.573 e. The number of aliphatic imine (C=N–C) groups is 1. The summed E-state index contributed by atoms with van der Waals surface area (Å²) in [7, 11) is 1.58. The minimum absolute atomic E-state index is 0.231. The van der Waals surface area contributed by atoms with Crippen molar-refractivity contribution in [2.75, 3.05) is 7.05 Å². The van der Waals surface area contributed by atoms with Crippen LogP contribution in [0.5, 0.6) is 5.75 Å². The first-order valence-electron chi connectivity index (χ1n) is 3.79. The molecule has 0 amide bonds. The lowest BCUT2D eigenvalue weighted by Crippen LogP contribution is -2.16. The SMILES string of the molecule is C/N=C\c1ccc(OC(F)(F)F)cc1. The van der Waals surface area contributed by atoms with Gasteiger partial charge in [0.15, 0.2) is 0 Å². The number of benzene rings is 1. The summed E-state index contributed by atoms with van der Waals surface area (Å²) >= 11 is 0. The molecule has 14 heavy (non-hydrogen) atoms. The van der Waals surface area contributed by atoms with Crippen molar-refractivity contribution < 1.29 is 17.9 Å². The second-order valence-electron chi connectivity index (χ2n) is 2.50. The highest BCUT2D eigenvalue weighted by molar-refractivity contribution is 5.79. The van der Waals surface area contributed by atoms with Gasteiger partial charge in [-0.1, -0.05) is 0 Å². The average molecular weight is 203 g/mol. The van der Waals surface area contributed by atoms with E-state index in [1.165, 1.54) is 30.5 Å². The quantitative estimate of drug-likeness (QED) is 0.677. The van der Waals surface area contributed by atoms with Gasteiger partial charge >= 0.3 is 6.36 Å². The van der Waals surface area contributed by atoms with Gasteiger partial charge in [0, 0.05) is 13.3 Å². The van der Waals surface area contributed by atoms with E-state index in [9.17, 15) is 13.2 Å². The molecule has 0 aromatic heterocycles. The highest BCUT2D eigenvalue weighted by atomic mass is 19.4. The second kappa shape index (κ2) is 4.13. The van der Waals surface area contributed by atoms with Gasteiger partial charge in [-0.3, -0.25) is 4.99 Å². The highest BCUT2D eigenvalue weighted by Gasteiger charge is 2.30. The zero-order valence-electron chi connectivity index (χ0n) is 7.38. The summed E-state index contributed by atoms with van der Waals surface area (Å²) in [5.41, 5.74) is 0.724. The van der Waals surface area contributed by atoms with E-state index < -0.39 is 6.36 Å². The zero-order chi connectivity index (χ0) is 10.6.